The Kier molecular flexibility index (Phi) is 6.57. The summed E-state index contributed by atoms with van der Waals surface area (Å²) in [6.07, 6.45) is 12.0. The van der Waals surface area contributed by atoms with Crippen molar-refractivity contribution < 1.29 is 4.79 Å². The largest absolute Gasteiger partial charge is 0.351 e. The fourth-order valence-corrected chi connectivity index (χ4v) is 2.84. The summed E-state index contributed by atoms with van der Waals surface area (Å²) in [5, 5.41) is 9.18. The molecule has 3 N–H and O–H groups in total. The second-order valence-electron chi connectivity index (χ2n) is 6.04. The Balaban J connectivity index is 1.55. The third-order valence-corrected chi connectivity index (χ3v) is 4.15. The highest BCUT2D eigenvalue weighted by molar-refractivity contribution is 5.86. The van der Waals surface area contributed by atoms with E-state index in [1.165, 1.54) is 19.3 Å². The van der Waals surface area contributed by atoms with Crippen LogP contribution in [0.4, 0.5) is 4.79 Å². The number of nitrogens with zero attached hydrogens (tertiary/aromatic N) is 1. The number of hydrogen-bond donors (Lipinski definition) is 3. The molecule has 2 aliphatic rings. The number of hydrogen-bond acceptors (Lipinski definition) is 2. The van der Waals surface area contributed by atoms with Crippen LogP contribution in [-0.4, -0.2) is 31.0 Å². The van der Waals surface area contributed by atoms with Gasteiger partial charge < -0.3 is 16.0 Å². The zero-order valence-corrected chi connectivity index (χ0v) is 13.0. The second kappa shape index (κ2) is 8.70. The summed E-state index contributed by atoms with van der Waals surface area (Å²) in [6.45, 7) is 3.61. The van der Waals surface area contributed by atoms with Crippen LogP contribution in [0.2, 0.25) is 0 Å². The van der Waals surface area contributed by atoms with Crippen molar-refractivity contribution in [3.63, 3.8) is 0 Å². The Morgan fingerprint density at radius 2 is 2.19 bits per heavy atom. The summed E-state index contributed by atoms with van der Waals surface area (Å²) in [6, 6.07) is 0.347. The molecule has 0 aromatic heterocycles. The minimum Gasteiger partial charge on any atom is -0.351 e. The minimum absolute atomic E-state index is 0.0263. The normalized spacial score (nSPS) is 24.6. The molecule has 5 nitrogen and oxygen atoms in total. The number of aliphatic imine (C=N–C) groups is 1. The molecular formula is C16H28N4O. The third kappa shape index (κ3) is 5.78. The molecule has 0 aromatic carbocycles. The van der Waals surface area contributed by atoms with Crippen LogP contribution in [0.25, 0.3) is 0 Å². The molecule has 0 aromatic rings. The van der Waals surface area contributed by atoms with E-state index in [-0.39, 0.29) is 6.03 Å². The van der Waals surface area contributed by atoms with Gasteiger partial charge in [-0.15, -0.1) is 0 Å². The fourth-order valence-electron chi connectivity index (χ4n) is 2.84. The summed E-state index contributed by atoms with van der Waals surface area (Å²) in [5.74, 6) is 1.53. The molecule has 1 fully saturated rings. The summed E-state index contributed by atoms with van der Waals surface area (Å²) in [4.78, 5) is 16.3. The Labute approximate surface area is 127 Å². The molecule has 1 saturated carbocycles. The van der Waals surface area contributed by atoms with Gasteiger partial charge in [0.2, 0.25) is 0 Å². The van der Waals surface area contributed by atoms with Crippen molar-refractivity contribution in [2.45, 2.75) is 57.9 Å². The average molecular weight is 292 g/mol. The first-order chi connectivity index (χ1) is 10.3. The average Bonchev–Trinajstić information content (AvgIpc) is 2.50. The van der Waals surface area contributed by atoms with Crippen LogP contribution in [0.1, 0.15) is 51.9 Å². The van der Waals surface area contributed by atoms with E-state index in [1.807, 2.05) is 6.20 Å². The van der Waals surface area contributed by atoms with Gasteiger partial charge in [-0.2, -0.15) is 0 Å². The van der Waals surface area contributed by atoms with E-state index < -0.39 is 0 Å². The van der Waals surface area contributed by atoms with E-state index in [0.717, 1.165) is 38.1 Å². The topological polar surface area (TPSA) is 65.5 Å². The van der Waals surface area contributed by atoms with Crippen LogP contribution >= 0.6 is 0 Å². The smallest absolute Gasteiger partial charge is 0.315 e. The molecule has 0 bridgehead atoms. The maximum Gasteiger partial charge on any atom is 0.315 e. The molecule has 0 spiro atoms. The maximum absolute atomic E-state index is 11.7. The van der Waals surface area contributed by atoms with Gasteiger partial charge >= 0.3 is 6.03 Å². The van der Waals surface area contributed by atoms with Gasteiger partial charge in [0.15, 0.2) is 0 Å². The van der Waals surface area contributed by atoms with Gasteiger partial charge in [0, 0.05) is 25.0 Å². The molecule has 0 saturated heterocycles. The van der Waals surface area contributed by atoms with E-state index in [0.29, 0.717) is 18.5 Å². The van der Waals surface area contributed by atoms with Crippen LogP contribution in [0.3, 0.4) is 0 Å². The lowest BCUT2D eigenvalue weighted by molar-refractivity contribution is 0.232. The highest BCUT2D eigenvalue weighted by atomic mass is 16.2. The van der Waals surface area contributed by atoms with Gasteiger partial charge in [-0.1, -0.05) is 32.3 Å². The number of amides is 2. The number of carbonyl (C=O) groups is 1. The molecule has 1 atom stereocenters. The van der Waals surface area contributed by atoms with Crippen molar-refractivity contribution in [1.82, 2.24) is 16.0 Å². The Bertz CT molecular complexity index is 386. The van der Waals surface area contributed by atoms with E-state index in [2.05, 4.69) is 33.9 Å². The lowest BCUT2D eigenvalue weighted by Crippen LogP contribution is -2.43. The first-order valence-electron chi connectivity index (χ1n) is 8.26. The fraction of sp³-hybridized carbons (Fsp3) is 0.750. The van der Waals surface area contributed by atoms with Gasteiger partial charge in [-0.05, 0) is 31.9 Å². The van der Waals surface area contributed by atoms with E-state index in [9.17, 15) is 4.79 Å². The number of carbonyl (C=O) groups excluding carboxylic acids is 1. The molecule has 1 aliphatic carbocycles. The zero-order chi connectivity index (χ0) is 14.9. The van der Waals surface area contributed by atoms with Crippen molar-refractivity contribution in [3.05, 3.63) is 12.3 Å². The van der Waals surface area contributed by atoms with Crippen molar-refractivity contribution >= 4 is 11.9 Å². The molecule has 118 valence electrons. The first kappa shape index (κ1) is 15.9. The van der Waals surface area contributed by atoms with E-state index >= 15 is 0 Å². The summed E-state index contributed by atoms with van der Waals surface area (Å²) < 4.78 is 0. The lowest BCUT2D eigenvalue weighted by Gasteiger charge is -2.22. The molecule has 1 unspecified atom stereocenters. The SMILES string of the molecule is CC1CC=CNC1=NCCCNC(=O)NC1CCCCC1. The van der Waals surface area contributed by atoms with E-state index in [1.54, 1.807) is 0 Å². The van der Waals surface area contributed by atoms with Crippen LogP contribution in [0.15, 0.2) is 17.3 Å². The van der Waals surface area contributed by atoms with Crippen molar-refractivity contribution in [3.8, 4) is 0 Å². The standard InChI is InChI=1S/C16H28N4O/c1-13-7-5-10-17-15(13)18-11-6-12-19-16(21)20-14-8-3-2-4-9-14/h5,10,13-14H,2-4,6-9,11-12H2,1H3,(H,17,18)(H2,19,20,21). The van der Waals surface area contributed by atoms with Crippen LogP contribution in [0.5, 0.6) is 0 Å². The predicted octanol–water partition coefficient (Wildman–Crippen LogP) is 2.55. The Morgan fingerprint density at radius 1 is 1.38 bits per heavy atom. The highest BCUT2D eigenvalue weighted by Gasteiger charge is 2.15. The molecule has 1 aliphatic heterocycles. The zero-order valence-electron chi connectivity index (χ0n) is 13.0. The van der Waals surface area contributed by atoms with Crippen molar-refractivity contribution in [2.75, 3.05) is 13.1 Å². The van der Waals surface area contributed by atoms with Crippen molar-refractivity contribution in [2.24, 2.45) is 10.9 Å². The summed E-state index contributed by atoms with van der Waals surface area (Å²) >= 11 is 0. The van der Waals surface area contributed by atoms with Gasteiger partial charge in [0.1, 0.15) is 5.84 Å². The molecule has 21 heavy (non-hydrogen) atoms. The number of allylic oxidation sites excluding steroid dienone is 1. The monoisotopic (exact) mass is 292 g/mol. The summed E-state index contributed by atoms with van der Waals surface area (Å²) in [7, 11) is 0. The van der Waals surface area contributed by atoms with Crippen LogP contribution < -0.4 is 16.0 Å². The lowest BCUT2D eigenvalue weighted by atomic mass is 9.96. The maximum atomic E-state index is 11.7. The molecular weight excluding hydrogens is 264 g/mol. The van der Waals surface area contributed by atoms with Crippen molar-refractivity contribution in [1.29, 1.82) is 0 Å². The van der Waals surface area contributed by atoms with Gasteiger partial charge in [0.25, 0.3) is 0 Å². The minimum atomic E-state index is -0.0263. The molecule has 0 radical (unpaired) electrons. The predicted molar refractivity (Wildman–Crippen MR) is 86.4 cm³/mol. The molecule has 2 rings (SSSR count). The van der Waals surface area contributed by atoms with Crippen LogP contribution in [-0.2, 0) is 0 Å². The molecule has 1 heterocycles. The number of urea groups is 1. The number of amidine groups is 1. The summed E-state index contributed by atoms with van der Waals surface area (Å²) in [5.41, 5.74) is 0. The van der Waals surface area contributed by atoms with E-state index in [4.69, 9.17) is 0 Å². The van der Waals surface area contributed by atoms with Gasteiger partial charge in [0.05, 0.1) is 0 Å². The highest BCUT2D eigenvalue weighted by Crippen LogP contribution is 2.17. The first-order valence-corrected chi connectivity index (χ1v) is 8.26. The molecule has 2 amide bonds. The van der Waals surface area contributed by atoms with Gasteiger partial charge in [-0.25, -0.2) is 4.79 Å². The Hall–Kier alpha value is -1.52. The third-order valence-electron chi connectivity index (χ3n) is 4.15. The van der Waals surface area contributed by atoms with Gasteiger partial charge in [-0.3, -0.25) is 4.99 Å². The second-order valence-corrected chi connectivity index (χ2v) is 6.04. The Morgan fingerprint density at radius 3 is 2.95 bits per heavy atom. The van der Waals surface area contributed by atoms with Crippen LogP contribution in [0, 0.1) is 5.92 Å². The molecule has 5 heteroatoms. The quantitative estimate of drug-likeness (QED) is 0.682. The number of rotatable bonds is 5. The number of nitrogens with one attached hydrogen (secondary N) is 3.